The van der Waals surface area contributed by atoms with E-state index in [4.69, 9.17) is 37.0 Å². The number of hydrogen-bond acceptors (Lipinski definition) is 15. The minimum atomic E-state index is -4.96. The molecule has 0 aromatic heterocycles. The SMILES string of the molecule is CCCCCCCCCCCCCCC(=O)OC[C@H](COP(=O)(O)OC[C@H](O)COP(=O)(O)OC[C@@H](COC(=O)CCCCCCCCCCCCCCCC(C)C)OC(=O)CCCCCCCCCCCCCCCCC(C)C)OC(=O)CCCCCCCCCCCCCC. The third-order valence-corrected chi connectivity index (χ3v) is 20.1. The number of phosphoric ester groups is 2. The Bertz CT molecular complexity index is 1870. The van der Waals surface area contributed by atoms with Crippen molar-refractivity contribution in [2.45, 2.75) is 426 Å². The second-order valence-corrected chi connectivity index (χ2v) is 32.0. The van der Waals surface area contributed by atoms with E-state index in [1.165, 1.54) is 225 Å². The summed E-state index contributed by atoms with van der Waals surface area (Å²) in [5.74, 6) is -0.523. The molecule has 0 aromatic carbocycles. The second kappa shape index (κ2) is 69.8. The highest BCUT2D eigenvalue weighted by molar-refractivity contribution is 7.47. The maximum atomic E-state index is 13.1. The number of carbonyl (C=O) groups excluding carboxylic acids is 4. The van der Waals surface area contributed by atoms with Crippen molar-refractivity contribution in [3.63, 3.8) is 0 Å². The molecule has 0 bridgehead atoms. The van der Waals surface area contributed by atoms with Crippen molar-refractivity contribution >= 4 is 39.5 Å². The first kappa shape index (κ1) is 95.1. The lowest BCUT2D eigenvalue weighted by Crippen LogP contribution is -2.30. The van der Waals surface area contributed by atoms with E-state index in [9.17, 15) is 43.2 Å². The minimum absolute atomic E-state index is 0.108. The standard InChI is InChI=1S/C78H152O17P2/c1-7-9-11-13-15-17-19-30-36-42-48-54-60-75(80)88-66-73(94-77(82)62-56-50-44-38-31-20-18-16-14-12-10-8-2)68-92-96(84,85)90-64-72(79)65-91-97(86,87)93-69-74(67-89-76(81)61-55-49-43-37-32-27-23-25-29-35-41-47-53-59-71(5)6)95-78(83)63-57-51-45-39-33-26-22-21-24-28-34-40-46-52-58-70(3)4/h70-74,79H,7-69H2,1-6H3,(H,84,85)(H,86,87)/t72-,73+,74+/m0/s1. The molecule has 0 amide bonds. The van der Waals surface area contributed by atoms with E-state index >= 15 is 0 Å². The zero-order valence-electron chi connectivity index (χ0n) is 63.4. The fraction of sp³-hybridized carbons (Fsp3) is 0.949. The Balaban J connectivity index is 5.25. The van der Waals surface area contributed by atoms with Crippen molar-refractivity contribution in [1.29, 1.82) is 0 Å². The average Bonchev–Trinajstić information content (AvgIpc) is 3.81. The molecule has 576 valence electrons. The molecule has 2 unspecified atom stereocenters. The molecule has 0 heterocycles. The normalized spacial score (nSPS) is 14.0. The van der Waals surface area contributed by atoms with Crippen LogP contribution in [0.4, 0.5) is 0 Å². The predicted molar refractivity (Wildman–Crippen MR) is 395 cm³/mol. The maximum absolute atomic E-state index is 13.1. The van der Waals surface area contributed by atoms with Gasteiger partial charge in [0.15, 0.2) is 12.2 Å². The molecule has 97 heavy (non-hydrogen) atoms. The Morgan fingerprint density at radius 2 is 0.474 bits per heavy atom. The van der Waals surface area contributed by atoms with Gasteiger partial charge >= 0.3 is 39.5 Å². The lowest BCUT2D eigenvalue weighted by Gasteiger charge is -2.21. The molecule has 5 atom stereocenters. The number of esters is 4. The minimum Gasteiger partial charge on any atom is -0.462 e. The topological polar surface area (TPSA) is 237 Å². The molecule has 0 rings (SSSR count). The lowest BCUT2D eigenvalue weighted by atomic mass is 10.0. The maximum Gasteiger partial charge on any atom is 0.472 e. The van der Waals surface area contributed by atoms with Gasteiger partial charge in [0, 0.05) is 25.7 Å². The van der Waals surface area contributed by atoms with Gasteiger partial charge in [0.05, 0.1) is 26.4 Å². The number of ether oxygens (including phenoxy) is 4. The number of hydrogen-bond donors (Lipinski definition) is 3. The summed E-state index contributed by atoms with van der Waals surface area (Å²) in [6.45, 7) is 9.66. The summed E-state index contributed by atoms with van der Waals surface area (Å²) >= 11 is 0. The van der Waals surface area contributed by atoms with Crippen molar-refractivity contribution in [3.8, 4) is 0 Å². The first-order valence-electron chi connectivity index (χ1n) is 40.5. The molecule has 0 aliphatic rings. The molecular weight excluding hydrogens is 1270 g/mol. The van der Waals surface area contributed by atoms with Gasteiger partial charge in [-0.3, -0.25) is 37.3 Å². The Morgan fingerprint density at radius 1 is 0.278 bits per heavy atom. The largest absolute Gasteiger partial charge is 0.472 e. The Kier molecular flexibility index (Phi) is 68.4. The molecule has 0 radical (unpaired) electrons. The highest BCUT2D eigenvalue weighted by Gasteiger charge is 2.30. The summed E-state index contributed by atoms with van der Waals surface area (Å²) in [5, 5.41) is 10.6. The molecule has 17 nitrogen and oxygen atoms in total. The molecular formula is C78H152O17P2. The van der Waals surface area contributed by atoms with E-state index in [0.717, 1.165) is 102 Å². The third kappa shape index (κ3) is 72.2. The van der Waals surface area contributed by atoms with Crippen molar-refractivity contribution in [2.75, 3.05) is 39.6 Å². The van der Waals surface area contributed by atoms with Crippen LogP contribution in [0.1, 0.15) is 408 Å². The van der Waals surface area contributed by atoms with Crippen molar-refractivity contribution in [3.05, 3.63) is 0 Å². The Hall–Kier alpha value is -1.94. The van der Waals surface area contributed by atoms with Crippen LogP contribution in [-0.2, 0) is 65.4 Å². The lowest BCUT2D eigenvalue weighted by molar-refractivity contribution is -0.161. The quantitative estimate of drug-likeness (QED) is 0.0222. The molecule has 3 N–H and O–H groups in total. The van der Waals surface area contributed by atoms with Crippen LogP contribution in [0.25, 0.3) is 0 Å². The zero-order chi connectivity index (χ0) is 71.4. The van der Waals surface area contributed by atoms with E-state index in [-0.39, 0.29) is 25.7 Å². The fourth-order valence-electron chi connectivity index (χ4n) is 12.0. The Labute approximate surface area is 594 Å². The second-order valence-electron chi connectivity index (χ2n) is 29.1. The smallest absolute Gasteiger partial charge is 0.462 e. The van der Waals surface area contributed by atoms with Crippen LogP contribution in [0.2, 0.25) is 0 Å². The van der Waals surface area contributed by atoms with Crippen LogP contribution in [-0.4, -0.2) is 96.7 Å². The van der Waals surface area contributed by atoms with Crippen LogP contribution >= 0.6 is 15.6 Å². The number of phosphoric acid groups is 2. The fourth-order valence-corrected chi connectivity index (χ4v) is 13.6. The summed E-state index contributed by atoms with van der Waals surface area (Å²) in [5.41, 5.74) is 0. The van der Waals surface area contributed by atoms with Crippen LogP contribution < -0.4 is 0 Å². The number of aliphatic hydroxyl groups is 1. The third-order valence-electron chi connectivity index (χ3n) is 18.2. The van der Waals surface area contributed by atoms with Gasteiger partial charge in [-0.05, 0) is 37.5 Å². The van der Waals surface area contributed by atoms with Crippen molar-refractivity contribution in [1.82, 2.24) is 0 Å². The molecule has 0 fully saturated rings. The van der Waals surface area contributed by atoms with Gasteiger partial charge in [0.25, 0.3) is 0 Å². The summed E-state index contributed by atoms with van der Waals surface area (Å²) in [7, 11) is -9.91. The van der Waals surface area contributed by atoms with Gasteiger partial charge in [-0.1, -0.05) is 356 Å². The first-order chi connectivity index (χ1) is 46.9. The number of aliphatic hydroxyl groups excluding tert-OH is 1. The zero-order valence-corrected chi connectivity index (χ0v) is 65.2. The van der Waals surface area contributed by atoms with E-state index in [0.29, 0.717) is 25.7 Å². The number of rotatable bonds is 77. The monoisotopic (exact) mass is 1420 g/mol. The molecule has 0 saturated carbocycles. The van der Waals surface area contributed by atoms with E-state index < -0.39 is 97.5 Å². The van der Waals surface area contributed by atoms with Crippen LogP contribution in [0.15, 0.2) is 0 Å². The van der Waals surface area contributed by atoms with Gasteiger partial charge in [0.1, 0.15) is 19.3 Å². The highest BCUT2D eigenvalue weighted by atomic mass is 31.2. The molecule has 0 saturated heterocycles. The van der Waals surface area contributed by atoms with Crippen molar-refractivity contribution < 1.29 is 80.2 Å². The summed E-state index contributed by atoms with van der Waals surface area (Å²) < 4.78 is 68.6. The average molecular weight is 1420 g/mol. The Morgan fingerprint density at radius 3 is 0.701 bits per heavy atom. The van der Waals surface area contributed by atoms with Crippen LogP contribution in [0.3, 0.4) is 0 Å². The highest BCUT2D eigenvalue weighted by Crippen LogP contribution is 2.45. The van der Waals surface area contributed by atoms with Gasteiger partial charge in [-0.15, -0.1) is 0 Å². The summed E-state index contributed by atoms with van der Waals surface area (Å²) in [6, 6.07) is 0. The van der Waals surface area contributed by atoms with Gasteiger partial charge in [-0.25, -0.2) is 9.13 Å². The first-order valence-corrected chi connectivity index (χ1v) is 43.5. The number of carbonyl (C=O) groups is 4. The molecule has 0 aliphatic carbocycles. The van der Waals surface area contributed by atoms with E-state index in [2.05, 4.69) is 41.5 Å². The summed E-state index contributed by atoms with van der Waals surface area (Å²) in [4.78, 5) is 72.9. The van der Waals surface area contributed by atoms with Crippen LogP contribution in [0, 0.1) is 11.8 Å². The van der Waals surface area contributed by atoms with Gasteiger partial charge < -0.3 is 33.8 Å². The molecule has 0 spiro atoms. The summed E-state index contributed by atoms with van der Waals surface area (Å²) in [6.07, 6.45) is 58.1. The van der Waals surface area contributed by atoms with Crippen molar-refractivity contribution in [2.24, 2.45) is 11.8 Å². The van der Waals surface area contributed by atoms with Gasteiger partial charge in [0.2, 0.25) is 0 Å². The molecule has 19 heteroatoms. The molecule has 0 aliphatic heterocycles. The number of unbranched alkanes of at least 4 members (excludes halogenated alkanes) is 47. The van der Waals surface area contributed by atoms with Gasteiger partial charge in [-0.2, -0.15) is 0 Å². The predicted octanol–water partition coefficient (Wildman–Crippen LogP) is 23.1. The van der Waals surface area contributed by atoms with E-state index in [1.54, 1.807) is 0 Å². The molecule has 0 aromatic rings. The van der Waals surface area contributed by atoms with E-state index in [1.807, 2.05) is 0 Å². The van der Waals surface area contributed by atoms with Crippen LogP contribution in [0.5, 0.6) is 0 Å².